The topological polar surface area (TPSA) is 87.7 Å². The summed E-state index contributed by atoms with van der Waals surface area (Å²) in [5, 5.41) is 13.1. The second kappa shape index (κ2) is 5.87. The van der Waals surface area contributed by atoms with Crippen molar-refractivity contribution in [3.8, 4) is 0 Å². The normalized spacial score (nSPS) is 10.3. The average Bonchev–Trinajstić information content (AvgIpc) is 2.18. The molecule has 0 unspecified atom stereocenters. The minimum absolute atomic E-state index is 0. The molecule has 0 aliphatic heterocycles. The second-order valence-corrected chi connectivity index (χ2v) is 2.81. The smallest absolute Gasteiger partial charge is 0.258 e. The lowest BCUT2D eigenvalue weighted by atomic mass is 10.1. The number of amides is 1. The van der Waals surface area contributed by atoms with Gasteiger partial charge in [-0.3, -0.25) is 10.1 Å². The summed E-state index contributed by atoms with van der Waals surface area (Å²) in [6.07, 6.45) is 0. The molecule has 0 heterocycles. The summed E-state index contributed by atoms with van der Waals surface area (Å²) in [4.78, 5) is 11.3. The van der Waals surface area contributed by atoms with Gasteiger partial charge in [0.1, 0.15) is 0 Å². The molecule has 0 aromatic heterocycles. The zero-order valence-corrected chi connectivity index (χ0v) is 8.91. The zero-order valence-electron chi connectivity index (χ0n) is 8.10. The van der Waals surface area contributed by atoms with Crippen LogP contribution in [-0.4, -0.2) is 17.1 Å². The lowest BCUT2D eigenvalue weighted by Gasteiger charge is -2.02. The molecule has 0 aliphatic carbocycles. The number of carbonyl (C=O) groups excluding carboxylic acids is 1. The average molecular weight is 230 g/mol. The third-order valence-corrected chi connectivity index (χ3v) is 1.66. The fourth-order valence-electron chi connectivity index (χ4n) is 0.918. The first-order valence-corrected chi connectivity index (χ1v) is 3.99. The van der Waals surface area contributed by atoms with Crippen molar-refractivity contribution >= 4 is 24.3 Å². The third kappa shape index (κ3) is 3.86. The van der Waals surface area contributed by atoms with Crippen molar-refractivity contribution in [1.82, 2.24) is 5.32 Å². The van der Waals surface area contributed by atoms with Gasteiger partial charge in [0.2, 0.25) is 5.96 Å². The van der Waals surface area contributed by atoms with E-state index in [2.05, 4.69) is 10.5 Å². The Morgan fingerprint density at radius 1 is 1.40 bits per heavy atom. The lowest BCUT2D eigenvalue weighted by Crippen LogP contribution is -2.36. The van der Waals surface area contributed by atoms with Gasteiger partial charge >= 0.3 is 0 Å². The molecule has 1 amide bonds. The molecule has 0 bridgehead atoms. The number of benzene rings is 1. The molecule has 82 valence electrons. The van der Waals surface area contributed by atoms with Gasteiger partial charge in [0.15, 0.2) is 0 Å². The van der Waals surface area contributed by atoms with Crippen LogP contribution in [0.5, 0.6) is 0 Å². The first-order chi connectivity index (χ1) is 6.63. The Labute approximate surface area is 93.4 Å². The number of hydrogen-bond donors (Lipinski definition) is 3. The van der Waals surface area contributed by atoms with Crippen molar-refractivity contribution in [3.63, 3.8) is 0 Å². The van der Waals surface area contributed by atoms with Gasteiger partial charge < -0.3 is 10.9 Å². The number of aryl methyl sites for hydroxylation is 1. The molecule has 15 heavy (non-hydrogen) atoms. The number of hydrogen-bond acceptors (Lipinski definition) is 3. The molecule has 0 spiro atoms. The van der Waals surface area contributed by atoms with Crippen LogP contribution in [-0.2, 0) is 0 Å². The van der Waals surface area contributed by atoms with Crippen LogP contribution >= 0.6 is 12.4 Å². The SMILES string of the molecule is Cc1ccc(C(=O)NC(N)=NO)cc1.Cl. The molecule has 0 saturated carbocycles. The number of nitrogens with zero attached hydrogens (tertiary/aromatic N) is 1. The number of carbonyl (C=O) groups is 1. The van der Waals surface area contributed by atoms with Crippen molar-refractivity contribution < 1.29 is 10.0 Å². The van der Waals surface area contributed by atoms with Gasteiger partial charge in [-0.1, -0.05) is 22.9 Å². The van der Waals surface area contributed by atoms with E-state index in [-0.39, 0.29) is 18.4 Å². The van der Waals surface area contributed by atoms with Crippen LogP contribution in [0.15, 0.2) is 29.4 Å². The van der Waals surface area contributed by atoms with Gasteiger partial charge in [0.05, 0.1) is 0 Å². The monoisotopic (exact) mass is 229 g/mol. The standard InChI is InChI=1S/C9H11N3O2.ClH/c1-6-2-4-7(5-3-6)8(13)11-9(10)12-14;/h2-5,14H,1H3,(H3,10,11,12,13);1H. The minimum Gasteiger partial charge on any atom is -0.408 e. The van der Waals surface area contributed by atoms with E-state index in [1.165, 1.54) is 0 Å². The van der Waals surface area contributed by atoms with Crippen molar-refractivity contribution in [2.75, 3.05) is 0 Å². The van der Waals surface area contributed by atoms with Crippen LogP contribution in [0.2, 0.25) is 0 Å². The number of nitrogens with one attached hydrogen (secondary N) is 1. The van der Waals surface area contributed by atoms with E-state index >= 15 is 0 Å². The van der Waals surface area contributed by atoms with Gasteiger partial charge in [-0.15, -0.1) is 12.4 Å². The Morgan fingerprint density at radius 2 is 1.93 bits per heavy atom. The molecule has 0 saturated heterocycles. The summed E-state index contributed by atoms with van der Waals surface area (Å²) in [7, 11) is 0. The van der Waals surface area contributed by atoms with E-state index in [1.807, 2.05) is 6.92 Å². The Kier molecular flexibility index (Phi) is 5.19. The molecule has 6 heteroatoms. The summed E-state index contributed by atoms with van der Waals surface area (Å²) >= 11 is 0. The Morgan fingerprint density at radius 3 is 2.40 bits per heavy atom. The maximum Gasteiger partial charge on any atom is 0.258 e. The van der Waals surface area contributed by atoms with Gasteiger partial charge in [0.25, 0.3) is 5.91 Å². The minimum atomic E-state index is -0.402. The summed E-state index contributed by atoms with van der Waals surface area (Å²) in [5.41, 5.74) is 6.63. The first-order valence-electron chi connectivity index (χ1n) is 3.99. The fraction of sp³-hybridized carbons (Fsp3) is 0.111. The van der Waals surface area contributed by atoms with Crippen LogP contribution in [0, 0.1) is 6.92 Å². The van der Waals surface area contributed by atoms with Crippen LogP contribution < -0.4 is 11.1 Å². The maximum atomic E-state index is 11.3. The predicted octanol–water partition coefficient (Wildman–Crippen LogP) is 0.851. The van der Waals surface area contributed by atoms with Crippen LogP contribution in [0.25, 0.3) is 0 Å². The highest BCUT2D eigenvalue weighted by atomic mass is 35.5. The van der Waals surface area contributed by atoms with E-state index in [0.29, 0.717) is 5.56 Å². The van der Waals surface area contributed by atoms with E-state index in [4.69, 9.17) is 10.9 Å². The fourth-order valence-corrected chi connectivity index (χ4v) is 0.918. The van der Waals surface area contributed by atoms with Crippen molar-refractivity contribution in [3.05, 3.63) is 35.4 Å². The molecule has 0 fully saturated rings. The highest BCUT2D eigenvalue weighted by Gasteiger charge is 2.05. The Balaban J connectivity index is 0.00000196. The van der Waals surface area contributed by atoms with Crippen molar-refractivity contribution in [1.29, 1.82) is 0 Å². The highest BCUT2D eigenvalue weighted by Crippen LogP contribution is 2.02. The van der Waals surface area contributed by atoms with Crippen LogP contribution in [0.3, 0.4) is 0 Å². The van der Waals surface area contributed by atoms with E-state index in [0.717, 1.165) is 5.56 Å². The molecule has 4 N–H and O–H groups in total. The van der Waals surface area contributed by atoms with Gasteiger partial charge in [-0.25, -0.2) is 0 Å². The third-order valence-electron chi connectivity index (χ3n) is 1.66. The summed E-state index contributed by atoms with van der Waals surface area (Å²) in [6, 6.07) is 6.94. The van der Waals surface area contributed by atoms with Gasteiger partial charge in [0, 0.05) is 5.56 Å². The number of oxime groups is 1. The Hall–Kier alpha value is -1.75. The molecule has 1 rings (SSSR count). The molecular weight excluding hydrogens is 218 g/mol. The summed E-state index contributed by atoms with van der Waals surface area (Å²) < 4.78 is 0. The van der Waals surface area contributed by atoms with Crippen LogP contribution in [0.4, 0.5) is 0 Å². The largest absolute Gasteiger partial charge is 0.408 e. The number of nitrogens with two attached hydrogens (primary N) is 1. The van der Waals surface area contributed by atoms with Crippen molar-refractivity contribution in [2.24, 2.45) is 10.9 Å². The number of rotatable bonds is 1. The van der Waals surface area contributed by atoms with Gasteiger partial charge in [-0.05, 0) is 19.1 Å². The number of guanidine groups is 1. The van der Waals surface area contributed by atoms with E-state index < -0.39 is 5.91 Å². The zero-order chi connectivity index (χ0) is 10.6. The predicted molar refractivity (Wildman–Crippen MR) is 59.3 cm³/mol. The first kappa shape index (κ1) is 13.2. The molecule has 0 aliphatic rings. The lowest BCUT2D eigenvalue weighted by molar-refractivity contribution is 0.0975. The Bertz CT molecular complexity index is 362. The summed E-state index contributed by atoms with van der Waals surface area (Å²) in [5.74, 6) is -0.726. The molecule has 1 aromatic carbocycles. The number of halogens is 1. The van der Waals surface area contributed by atoms with Crippen molar-refractivity contribution in [2.45, 2.75) is 6.92 Å². The van der Waals surface area contributed by atoms with Gasteiger partial charge in [-0.2, -0.15) is 0 Å². The second-order valence-electron chi connectivity index (χ2n) is 2.81. The molecule has 0 radical (unpaired) electrons. The maximum absolute atomic E-state index is 11.3. The van der Waals surface area contributed by atoms with E-state index in [9.17, 15) is 4.79 Å². The molecule has 1 aromatic rings. The molecule has 0 atom stereocenters. The summed E-state index contributed by atoms with van der Waals surface area (Å²) in [6.45, 7) is 1.92. The quantitative estimate of drug-likeness (QED) is 0.289. The van der Waals surface area contributed by atoms with Crippen LogP contribution in [0.1, 0.15) is 15.9 Å². The molecule has 5 nitrogen and oxygen atoms in total. The highest BCUT2D eigenvalue weighted by molar-refractivity contribution is 6.05. The molecular formula is C9H12ClN3O2. The van der Waals surface area contributed by atoms with E-state index in [1.54, 1.807) is 24.3 Å².